The quantitative estimate of drug-likeness (QED) is 0.621. The van der Waals surface area contributed by atoms with Gasteiger partial charge in [-0.15, -0.1) is 0 Å². The molecule has 2 heterocycles. The maximum absolute atomic E-state index is 12.9. The Balaban J connectivity index is 1.62. The van der Waals surface area contributed by atoms with Gasteiger partial charge in [-0.3, -0.25) is 4.79 Å². The van der Waals surface area contributed by atoms with Crippen molar-refractivity contribution >= 4 is 34.5 Å². The van der Waals surface area contributed by atoms with E-state index >= 15 is 0 Å². The summed E-state index contributed by atoms with van der Waals surface area (Å²) in [6, 6.07) is 14.7. The van der Waals surface area contributed by atoms with Crippen molar-refractivity contribution in [3.63, 3.8) is 0 Å². The van der Waals surface area contributed by atoms with Gasteiger partial charge < -0.3 is 19.7 Å². The third-order valence-corrected chi connectivity index (χ3v) is 6.40. The minimum absolute atomic E-state index is 0.133. The van der Waals surface area contributed by atoms with Crippen LogP contribution in [0.4, 0.5) is 5.69 Å². The smallest absolute Gasteiger partial charge is 0.338 e. The van der Waals surface area contributed by atoms with Crippen LogP contribution in [0.3, 0.4) is 0 Å². The van der Waals surface area contributed by atoms with Crippen molar-refractivity contribution < 1.29 is 19.1 Å². The number of carbonyl (C=O) groups excluding carboxylic acids is 2. The third kappa shape index (κ3) is 4.66. The second-order valence-electron chi connectivity index (χ2n) is 7.75. The maximum Gasteiger partial charge on any atom is 0.338 e. The SMILES string of the molecule is COC(=O)C1=C(C)N=C2SC=C(CC(=O)Nc3ccc(OC)cc3)N2[C@@H]1c1ccc(C)cc1. The Hall–Kier alpha value is -3.52. The molecule has 0 saturated carbocycles. The lowest BCUT2D eigenvalue weighted by molar-refractivity contribution is -0.136. The molecule has 170 valence electrons. The predicted molar refractivity (Wildman–Crippen MR) is 130 cm³/mol. The van der Waals surface area contributed by atoms with Gasteiger partial charge in [0.25, 0.3) is 0 Å². The van der Waals surface area contributed by atoms with E-state index in [-0.39, 0.29) is 12.3 Å². The molecule has 8 heteroatoms. The fourth-order valence-corrected chi connectivity index (χ4v) is 4.81. The van der Waals surface area contributed by atoms with Crippen LogP contribution in [0, 0.1) is 6.92 Å². The number of ether oxygens (including phenoxy) is 2. The third-order valence-electron chi connectivity index (χ3n) is 5.51. The van der Waals surface area contributed by atoms with Gasteiger partial charge in [-0.05, 0) is 49.1 Å². The first-order chi connectivity index (χ1) is 15.9. The monoisotopic (exact) mass is 463 g/mol. The maximum atomic E-state index is 12.9. The minimum Gasteiger partial charge on any atom is -0.497 e. The molecule has 0 aromatic heterocycles. The zero-order valence-corrected chi connectivity index (χ0v) is 19.7. The second-order valence-corrected chi connectivity index (χ2v) is 8.59. The van der Waals surface area contributed by atoms with Crippen molar-refractivity contribution in [2.75, 3.05) is 19.5 Å². The standard InChI is InChI=1S/C25H25N3O4S/c1-15-5-7-17(8-6-15)23-22(24(30)32-4)16(2)26-25-28(23)19(14-33-25)13-21(29)27-18-9-11-20(31-3)12-10-18/h5-12,14,23H,13H2,1-4H3,(H,27,29)/t23-/m1/s1. The summed E-state index contributed by atoms with van der Waals surface area (Å²) < 4.78 is 10.3. The summed E-state index contributed by atoms with van der Waals surface area (Å²) in [7, 11) is 2.96. The molecule has 2 aromatic carbocycles. The molecule has 2 aliphatic rings. The molecule has 2 aliphatic heterocycles. The Morgan fingerprint density at radius 1 is 1.06 bits per heavy atom. The van der Waals surface area contributed by atoms with Crippen molar-refractivity contribution in [3.8, 4) is 5.75 Å². The number of nitrogens with one attached hydrogen (secondary N) is 1. The highest BCUT2D eigenvalue weighted by molar-refractivity contribution is 8.16. The summed E-state index contributed by atoms with van der Waals surface area (Å²) in [6.45, 7) is 3.83. The van der Waals surface area contributed by atoms with Crippen LogP contribution >= 0.6 is 11.8 Å². The number of nitrogens with zero attached hydrogens (tertiary/aromatic N) is 2. The fraction of sp³-hybridized carbons (Fsp3) is 0.240. The van der Waals surface area contributed by atoms with Crippen molar-refractivity contribution in [1.29, 1.82) is 0 Å². The van der Waals surface area contributed by atoms with E-state index in [1.165, 1.54) is 18.9 Å². The van der Waals surface area contributed by atoms with Gasteiger partial charge in [-0.2, -0.15) is 0 Å². The summed E-state index contributed by atoms with van der Waals surface area (Å²) in [5.74, 6) is 0.122. The molecule has 0 spiro atoms. The lowest BCUT2D eigenvalue weighted by Gasteiger charge is -2.36. The number of fused-ring (bicyclic) bond motifs is 1. The van der Waals surface area contributed by atoms with Crippen LogP contribution in [0.2, 0.25) is 0 Å². The van der Waals surface area contributed by atoms with E-state index < -0.39 is 12.0 Å². The van der Waals surface area contributed by atoms with E-state index in [2.05, 4.69) is 10.3 Å². The summed E-state index contributed by atoms with van der Waals surface area (Å²) in [4.78, 5) is 32.2. The molecule has 0 aliphatic carbocycles. The molecule has 1 N–H and O–H groups in total. The Bertz CT molecular complexity index is 1170. The van der Waals surface area contributed by atoms with Crippen LogP contribution < -0.4 is 10.1 Å². The van der Waals surface area contributed by atoms with Gasteiger partial charge in [-0.1, -0.05) is 41.6 Å². The molecule has 0 bridgehead atoms. The van der Waals surface area contributed by atoms with Crippen LogP contribution in [0.15, 0.2) is 75.9 Å². The lowest BCUT2D eigenvalue weighted by atomic mass is 9.93. The number of aliphatic imine (C=N–C) groups is 1. The highest BCUT2D eigenvalue weighted by atomic mass is 32.2. The van der Waals surface area contributed by atoms with E-state index in [9.17, 15) is 9.59 Å². The number of methoxy groups -OCH3 is 2. The number of anilines is 1. The van der Waals surface area contributed by atoms with Crippen molar-refractivity contribution in [3.05, 3.63) is 82.0 Å². The zero-order chi connectivity index (χ0) is 23.5. The number of thioether (sulfide) groups is 1. The number of carbonyl (C=O) groups is 2. The molecule has 1 amide bonds. The van der Waals surface area contributed by atoms with Gasteiger partial charge >= 0.3 is 5.97 Å². The van der Waals surface area contributed by atoms with Gasteiger partial charge in [0.15, 0.2) is 5.17 Å². The Labute approximate surface area is 197 Å². The van der Waals surface area contributed by atoms with Crippen LogP contribution in [0.5, 0.6) is 5.75 Å². The first-order valence-corrected chi connectivity index (χ1v) is 11.3. The summed E-state index contributed by atoms with van der Waals surface area (Å²) >= 11 is 1.45. The summed E-state index contributed by atoms with van der Waals surface area (Å²) in [6.07, 6.45) is 0.133. The molecule has 7 nitrogen and oxygen atoms in total. The second kappa shape index (κ2) is 9.54. The molecule has 33 heavy (non-hydrogen) atoms. The Morgan fingerprint density at radius 2 is 1.76 bits per heavy atom. The molecular weight excluding hydrogens is 438 g/mol. The molecule has 2 aromatic rings. The van der Waals surface area contributed by atoms with Crippen molar-refractivity contribution in [2.45, 2.75) is 26.3 Å². The van der Waals surface area contributed by atoms with Gasteiger partial charge in [0.2, 0.25) is 5.91 Å². The number of amides is 1. The number of hydrogen-bond donors (Lipinski definition) is 1. The minimum atomic E-state index is -0.431. The molecule has 1 atom stereocenters. The summed E-state index contributed by atoms with van der Waals surface area (Å²) in [5, 5.41) is 5.57. The van der Waals surface area contributed by atoms with Crippen LogP contribution in [0.1, 0.15) is 30.5 Å². The largest absolute Gasteiger partial charge is 0.497 e. The first-order valence-electron chi connectivity index (χ1n) is 10.4. The molecular formula is C25H25N3O4S. The average molecular weight is 464 g/mol. The van der Waals surface area contributed by atoms with E-state index in [1.54, 1.807) is 31.4 Å². The number of esters is 1. The number of aryl methyl sites for hydroxylation is 1. The van der Waals surface area contributed by atoms with E-state index in [4.69, 9.17) is 9.47 Å². The topological polar surface area (TPSA) is 80.2 Å². The number of rotatable bonds is 6. The highest BCUT2D eigenvalue weighted by Gasteiger charge is 2.40. The molecule has 4 rings (SSSR count). The fourth-order valence-electron chi connectivity index (χ4n) is 3.85. The highest BCUT2D eigenvalue weighted by Crippen LogP contribution is 2.44. The van der Waals surface area contributed by atoms with Crippen molar-refractivity contribution in [2.24, 2.45) is 4.99 Å². The molecule has 0 radical (unpaired) electrons. The van der Waals surface area contributed by atoms with Gasteiger partial charge in [0, 0.05) is 11.4 Å². The van der Waals surface area contributed by atoms with Crippen LogP contribution in [-0.2, 0) is 14.3 Å². The van der Waals surface area contributed by atoms with Crippen LogP contribution in [-0.4, -0.2) is 36.2 Å². The number of hydrogen-bond acceptors (Lipinski definition) is 7. The number of benzene rings is 2. The summed E-state index contributed by atoms with van der Waals surface area (Å²) in [5.41, 5.74) is 4.58. The number of amidine groups is 1. The Morgan fingerprint density at radius 3 is 2.39 bits per heavy atom. The number of allylic oxidation sites excluding steroid dienone is 1. The average Bonchev–Trinajstić information content (AvgIpc) is 3.20. The van der Waals surface area contributed by atoms with Gasteiger partial charge in [0.05, 0.1) is 38.0 Å². The van der Waals surface area contributed by atoms with Gasteiger partial charge in [0.1, 0.15) is 5.75 Å². The Kier molecular flexibility index (Phi) is 6.55. The molecule has 0 unspecified atom stereocenters. The van der Waals surface area contributed by atoms with E-state index in [0.717, 1.165) is 27.7 Å². The van der Waals surface area contributed by atoms with Crippen LogP contribution in [0.25, 0.3) is 0 Å². The first kappa shape index (κ1) is 22.7. The van der Waals surface area contributed by atoms with E-state index in [0.29, 0.717) is 17.0 Å². The predicted octanol–water partition coefficient (Wildman–Crippen LogP) is 4.78. The zero-order valence-electron chi connectivity index (χ0n) is 18.9. The van der Waals surface area contributed by atoms with Gasteiger partial charge in [-0.25, -0.2) is 9.79 Å². The van der Waals surface area contributed by atoms with E-state index in [1.807, 2.05) is 48.4 Å². The lowest BCUT2D eigenvalue weighted by Crippen LogP contribution is -2.37. The normalized spacial score (nSPS) is 17.2. The molecule has 0 fully saturated rings. The van der Waals surface area contributed by atoms with Crippen molar-refractivity contribution in [1.82, 2.24) is 4.90 Å². The molecule has 0 saturated heterocycles.